The van der Waals surface area contributed by atoms with Crippen LogP contribution in [0.3, 0.4) is 0 Å². The second-order valence-electron chi connectivity index (χ2n) is 5.30. The predicted octanol–water partition coefficient (Wildman–Crippen LogP) is 0.412. The number of amides is 1. The Morgan fingerprint density at radius 1 is 1.15 bits per heavy atom. The van der Waals surface area contributed by atoms with Crippen molar-refractivity contribution in [2.45, 2.75) is 18.4 Å². The van der Waals surface area contributed by atoms with E-state index in [2.05, 4.69) is 25.4 Å². The normalized spacial score (nSPS) is 11.3. The molecule has 26 heavy (non-hydrogen) atoms. The number of carbonyl (C=O) groups excluding carboxylic acids is 1. The Bertz CT molecular complexity index is 1030. The Morgan fingerprint density at radius 2 is 1.81 bits per heavy atom. The molecule has 0 saturated heterocycles. The van der Waals surface area contributed by atoms with E-state index in [0.29, 0.717) is 11.5 Å². The van der Waals surface area contributed by atoms with Gasteiger partial charge in [-0.05, 0) is 17.7 Å². The first kappa shape index (κ1) is 17.6. The summed E-state index contributed by atoms with van der Waals surface area (Å²) in [6, 6.07) is 5.89. The molecule has 0 atom stereocenters. The Labute approximate surface area is 148 Å². The molecule has 3 N–H and O–H groups in total. The number of hydrogen-bond donors (Lipinski definition) is 2. The number of aromatic nitrogens is 4. The summed E-state index contributed by atoms with van der Waals surface area (Å²) in [5.41, 5.74) is 0.973. The quantitative estimate of drug-likeness (QED) is 0.651. The van der Waals surface area contributed by atoms with Crippen molar-refractivity contribution >= 4 is 15.9 Å². The van der Waals surface area contributed by atoms with Crippen LogP contribution in [0.4, 0.5) is 0 Å². The number of rotatable bonds is 5. The molecule has 1 amide bonds. The van der Waals surface area contributed by atoms with Gasteiger partial charge in [0.25, 0.3) is 5.91 Å². The molecular formula is C15H14N6O4S. The molecule has 10 nitrogen and oxygen atoms in total. The topological polar surface area (TPSA) is 154 Å². The van der Waals surface area contributed by atoms with E-state index in [-0.39, 0.29) is 34.6 Å². The molecule has 0 radical (unpaired) electrons. The van der Waals surface area contributed by atoms with E-state index in [9.17, 15) is 13.2 Å². The average molecular weight is 374 g/mol. The van der Waals surface area contributed by atoms with Crippen molar-refractivity contribution in [2.24, 2.45) is 5.14 Å². The molecule has 2 heterocycles. The molecule has 0 bridgehead atoms. The number of carbonyl (C=O) groups is 1. The highest BCUT2D eigenvalue weighted by Crippen LogP contribution is 2.11. The van der Waals surface area contributed by atoms with E-state index in [4.69, 9.17) is 9.66 Å². The van der Waals surface area contributed by atoms with Gasteiger partial charge in [-0.25, -0.2) is 23.5 Å². The first-order chi connectivity index (χ1) is 12.3. The summed E-state index contributed by atoms with van der Waals surface area (Å²) >= 11 is 0. The van der Waals surface area contributed by atoms with Crippen molar-refractivity contribution in [2.75, 3.05) is 0 Å². The molecule has 3 rings (SSSR count). The monoisotopic (exact) mass is 374 g/mol. The maximum Gasteiger partial charge on any atom is 0.254 e. The van der Waals surface area contributed by atoms with Crippen LogP contribution in [0.2, 0.25) is 0 Å². The minimum atomic E-state index is -3.74. The van der Waals surface area contributed by atoms with Gasteiger partial charge < -0.3 is 9.84 Å². The van der Waals surface area contributed by atoms with Crippen LogP contribution in [-0.4, -0.2) is 34.4 Å². The summed E-state index contributed by atoms with van der Waals surface area (Å²) in [4.78, 5) is 24.2. The van der Waals surface area contributed by atoms with Gasteiger partial charge in [-0.15, -0.1) is 0 Å². The van der Waals surface area contributed by atoms with Crippen LogP contribution in [-0.2, 0) is 16.6 Å². The SMILES string of the molecule is Cc1nc(-c2ncc(C(=O)NCc3ccc(S(N)(=O)=O)cc3)cn2)no1. The van der Waals surface area contributed by atoms with Crippen LogP contribution >= 0.6 is 0 Å². The number of benzene rings is 1. The highest BCUT2D eigenvalue weighted by atomic mass is 32.2. The molecule has 11 heteroatoms. The molecule has 0 fully saturated rings. The second kappa shape index (κ2) is 6.98. The van der Waals surface area contributed by atoms with Gasteiger partial charge in [0.15, 0.2) is 0 Å². The van der Waals surface area contributed by atoms with Gasteiger partial charge in [0, 0.05) is 25.9 Å². The molecule has 0 aliphatic rings. The van der Waals surface area contributed by atoms with Crippen molar-refractivity contribution < 1.29 is 17.7 Å². The number of hydrogen-bond acceptors (Lipinski definition) is 8. The zero-order valence-electron chi connectivity index (χ0n) is 13.6. The number of aryl methyl sites for hydroxylation is 1. The maximum atomic E-state index is 12.1. The number of primary sulfonamides is 1. The molecule has 3 aromatic rings. The van der Waals surface area contributed by atoms with Crippen LogP contribution in [0.15, 0.2) is 46.1 Å². The Kier molecular flexibility index (Phi) is 4.73. The van der Waals surface area contributed by atoms with Gasteiger partial charge in [0.05, 0.1) is 10.5 Å². The van der Waals surface area contributed by atoms with E-state index in [1.165, 1.54) is 24.5 Å². The largest absolute Gasteiger partial charge is 0.348 e. The fourth-order valence-corrected chi connectivity index (χ4v) is 2.55. The van der Waals surface area contributed by atoms with E-state index in [1.807, 2.05) is 0 Å². The molecule has 0 saturated carbocycles. The minimum Gasteiger partial charge on any atom is -0.348 e. The van der Waals surface area contributed by atoms with Gasteiger partial charge >= 0.3 is 0 Å². The Balaban J connectivity index is 1.63. The highest BCUT2D eigenvalue weighted by Gasteiger charge is 2.12. The first-order valence-corrected chi connectivity index (χ1v) is 8.90. The lowest BCUT2D eigenvalue weighted by atomic mass is 10.2. The summed E-state index contributed by atoms with van der Waals surface area (Å²) in [5, 5.41) is 11.4. The zero-order valence-corrected chi connectivity index (χ0v) is 14.4. The number of nitrogens with two attached hydrogens (primary N) is 1. The summed E-state index contributed by atoms with van der Waals surface area (Å²) in [7, 11) is -3.74. The first-order valence-electron chi connectivity index (χ1n) is 7.35. The molecule has 1 aromatic carbocycles. The van der Waals surface area contributed by atoms with Crippen molar-refractivity contribution in [3.63, 3.8) is 0 Å². The molecular weight excluding hydrogens is 360 g/mol. The van der Waals surface area contributed by atoms with Crippen molar-refractivity contribution in [3.05, 3.63) is 53.7 Å². The third kappa shape index (κ3) is 4.07. The molecule has 2 aromatic heterocycles. The van der Waals surface area contributed by atoms with Crippen molar-refractivity contribution in [3.8, 4) is 11.6 Å². The van der Waals surface area contributed by atoms with Crippen LogP contribution in [0, 0.1) is 6.92 Å². The summed E-state index contributed by atoms with van der Waals surface area (Å²) in [6.45, 7) is 1.85. The summed E-state index contributed by atoms with van der Waals surface area (Å²) < 4.78 is 27.3. The van der Waals surface area contributed by atoms with Crippen molar-refractivity contribution in [1.82, 2.24) is 25.4 Å². The fourth-order valence-electron chi connectivity index (χ4n) is 2.03. The van der Waals surface area contributed by atoms with Gasteiger partial charge in [0.2, 0.25) is 27.6 Å². The van der Waals surface area contributed by atoms with E-state index in [0.717, 1.165) is 0 Å². The van der Waals surface area contributed by atoms with Gasteiger partial charge in [0.1, 0.15) is 0 Å². The highest BCUT2D eigenvalue weighted by molar-refractivity contribution is 7.89. The number of sulfonamides is 1. The lowest BCUT2D eigenvalue weighted by Gasteiger charge is -2.06. The van der Waals surface area contributed by atoms with Gasteiger partial charge in [-0.1, -0.05) is 17.3 Å². The third-order valence-corrected chi connectivity index (χ3v) is 4.28. The molecule has 134 valence electrons. The van der Waals surface area contributed by atoms with E-state index >= 15 is 0 Å². The zero-order chi connectivity index (χ0) is 18.7. The fraction of sp³-hybridized carbons (Fsp3) is 0.133. The van der Waals surface area contributed by atoms with Gasteiger partial charge in [-0.2, -0.15) is 4.98 Å². The summed E-state index contributed by atoms with van der Waals surface area (Å²) in [5.74, 6) is 0.497. The molecule has 0 aliphatic heterocycles. The molecule has 0 spiro atoms. The van der Waals surface area contributed by atoms with E-state index < -0.39 is 10.0 Å². The third-order valence-electron chi connectivity index (χ3n) is 3.35. The lowest BCUT2D eigenvalue weighted by molar-refractivity contribution is 0.0950. The lowest BCUT2D eigenvalue weighted by Crippen LogP contribution is -2.23. The predicted molar refractivity (Wildman–Crippen MR) is 89.0 cm³/mol. The molecule has 0 aliphatic carbocycles. The van der Waals surface area contributed by atoms with Crippen LogP contribution in [0.25, 0.3) is 11.6 Å². The number of nitrogens with zero attached hydrogens (tertiary/aromatic N) is 4. The van der Waals surface area contributed by atoms with Gasteiger partial charge in [-0.3, -0.25) is 4.79 Å². The van der Waals surface area contributed by atoms with Crippen molar-refractivity contribution in [1.29, 1.82) is 0 Å². The summed E-state index contributed by atoms with van der Waals surface area (Å²) in [6.07, 6.45) is 2.71. The smallest absolute Gasteiger partial charge is 0.254 e. The standard InChI is InChI=1S/C15H14N6O4S/c1-9-20-14(21-25-9)13-17-7-11(8-18-13)15(22)19-6-10-2-4-12(5-3-10)26(16,23)24/h2-5,7-8H,6H2,1H3,(H,19,22)(H2,16,23,24). The number of nitrogens with one attached hydrogen (secondary N) is 1. The second-order valence-corrected chi connectivity index (χ2v) is 6.87. The molecule has 0 unspecified atom stereocenters. The van der Waals surface area contributed by atoms with Crippen LogP contribution in [0.5, 0.6) is 0 Å². The van der Waals surface area contributed by atoms with Crippen LogP contribution in [0.1, 0.15) is 21.8 Å². The Hall–Kier alpha value is -3.18. The van der Waals surface area contributed by atoms with E-state index in [1.54, 1.807) is 19.1 Å². The Morgan fingerprint density at radius 3 is 2.35 bits per heavy atom. The minimum absolute atomic E-state index is 0.00766. The van der Waals surface area contributed by atoms with Crippen LogP contribution < -0.4 is 10.5 Å². The average Bonchev–Trinajstić information content (AvgIpc) is 3.06. The maximum absolute atomic E-state index is 12.1.